The van der Waals surface area contributed by atoms with Gasteiger partial charge in [-0.15, -0.1) is 0 Å². The molecule has 0 amide bonds. The van der Waals surface area contributed by atoms with Crippen LogP contribution >= 0.6 is 34.8 Å². The maximum absolute atomic E-state index is 6.34. The molecule has 2 aliphatic carbocycles. The zero-order chi connectivity index (χ0) is 15.1. The molecule has 0 saturated heterocycles. The molecule has 5 unspecified atom stereocenters. The predicted octanol–water partition coefficient (Wildman–Crippen LogP) is 6.12. The second-order valence-electron chi connectivity index (χ2n) is 6.78. The van der Waals surface area contributed by atoms with Crippen molar-refractivity contribution in [3.63, 3.8) is 0 Å². The summed E-state index contributed by atoms with van der Waals surface area (Å²) < 4.78 is 0. The lowest BCUT2D eigenvalue weighted by atomic mass is 9.83. The van der Waals surface area contributed by atoms with E-state index < -0.39 is 0 Å². The van der Waals surface area contributed by atoms with Crippen molar-refractivity contribution in [2.24, 2.45) is 17.8 Å². The van der Waals surface area contributed by atoms with Crippen LogP contribution < -0.4 is 5.32 Å². The Morgan fingerprint density at radius 2 is 1.81 bits per heavy atom. The molecule has 1 aromatic carbocycles. The van der Waals surface area contributed by atoms with E-state index in [1.807, 2.05) is 12.1 Å². The standard InChI is InChI=1S/C17H22Cl3N/c1-9(13-5-6-15(18)17(20)16(13)19)21-10(2)14-8-11-3-4-12(14)7-11/h5-6,9-12,14,21H,3-4,7-8H2,1-2H3. The summed E-state index contributed by atoms with van der Waals surface area (Å²) in [5.74, 6) is 2.72. The van der Waals surface area contributed by atoms with Crippen molar-refractivity contribution in [1.82, 2.24) is 5.32 Å². The molecule has 3 rings (SSSR count). The second kappa shape index (κ2) is 6.28. The molecule has 2 saturated carbocycles. The third-order valence-electron chi connectivity index (χ3n) is 5.48. The van der Waals surface area contributed by atoms with Crippen LogP contribution in [-0.2, 0) is 0 Å². The summed E-state index contributed by atoms with van der Waals surface area (Å²) in [6, 6.07) is 4.50. The van der Waals surface area contributed by atoms with Crippen molar-refractivity contribution in [3.8, 4) is 0 Å². The normalized spacial score (nSPS) is 30.6. The van der Waals surface area contributed by atoms with E-state index in [2.05, 4.69) is 19.2 Å². The van der Waals surface area contributed by atoms with Crippen LogP contribution in [-0.4, -0.2) is 6.04 Å². The molecule has 1 N–H and O–H groups in total. The first-order chi connectivity index (χ1) is 9.97. The number of hydrogen-bond acceptors (Lipinski definition) is 1. The lowest BCUT2D eigenvalue weighted by Gasteiger charge is -2.31. The third-order valence-corrected chi connectivity index (χ3v) is 6.79. The molecule has 0 aromatic heterocycles. The van der Waals surface area contributed by atoms with Crippen molar-refractivity contribution < 1.29 is 0 Å². The largest absolute Gasteiger partial charge is 0.307 e. The highest BCUT2D eigenvalue weighted by molar-refractivity contribution is 6.48. The van der Waals surface area contributed by atoms with Gasteiger partial charge in [0.1, 0.15) is 0 Å². The fraction of sp³-hybridized carbons (Fsp3) is 0.647. The van der Waals surface area contributed by atoms with Crippen LogP contribution in [0.4, 0.5) is 0 Å². The van der Waals surface area contributed by atoms with Crippen molar-refractivity contribution in [2.75, 3.05) is 0 Å². The molecule has 2 aliphatic rings. The highest BCUT2D eigenvalue weighted by atomic mass is 35.5. The molecule has 0 heterocycles. The molecular weight excluding hydrogens is 325 g/mol. The first-order valence-electron chi connectivity index (χ1n) is 7.86. The SMILES string of the molecule is CC(NC(C)C1CC2CCC1C2)c1ccc(Cl)c(Cl)c1Cl. The summed E-state index contributed by atoms with van der Waals surface area (Å²) in [5.41, 5.74) is 1.03. The summed E-state index contributed by atoms with van der Waals surface area (Å²) in [5, 5.41) is 5.27. The summed E-state index contributed by atoms with van der Waals surface area (Å²) in [7, 11) is 0. The van der Waals surface area contributed by atoms with E-state index in [0.29, 0.717) is 21.1 Å². The molecule has 4 heteroatoms. The Morgan fingerprint density at radius 3 is 2.43 bits per heavy atom. The van der Waals surface area contributed by atoms with Gasteiger partial charge in [-0.05, 0) is 62.5 Å². The smallest absolute Gasteiger partial charge is 0.0781 e. The number of rotatable bonds is 4. The molecule has 2 fully saturated rings. The van der Waals surface area contributed by atoms with Gasteiger partial charge in [-0.2, -0.15) is 0 Å². The molecule has 116 valence electrons. The second-order valence-corrected chi connectivity index (χ2v) is 7.94. The first kappa shape index (κ1) is 15.9. The number of fused-ring (bicyclic) bond motifs is 2. The molecule has 21 heavy (non-hydrogen) atoms. The summed E-state index contributed by atoms with van der Waals surface area (Å²) in [4.78, 5) is 0. The van der Waals surface area contributed by atoms with Gasteiger partial charge in [-0.25, -0.2) is 0 Å². The fourth-order valence-electron chi connectivity index (χ4n) is 4.39. The number of halogens is 3. The molecular formula is C17H22Cl3N. The Labute approximate surface area is 142 Å². The van der Waals surface area contributed by atoms with E-state index in [1.165, 1.54) is 25.7 Å². The number of hydrogen-bond donors (Lipinski definition) is 1. The minimum Gasteiger partial charge on any atom is -0.307 e. The lowest BCUT2D eigenvalue weighted by Crippen LogP contribution is -2.37. The zero-order valence-corrected chi connectivity index (χ0v) is 14.8. The topological polar surface area (TPSA) is 12.0 Å². The quantitative estimate of drug-likeness (QED) is 0.647. The summed E-state index contributed by atoms with van der Waals surface area (Å²) >= 11 is 18.5. The van der Waals surface area contributed by atoms with Gasteiger partial charge in [0.25, 0.3) is 0 Å². The Morgan fingerprint density at radius 1 is 1.05 bits per heavy atom. The molecule has 0 spiro atoms. The van der Waals surface area contributed by atoms with Crippen molar-refractivity contribution in [2.45, 2.75) is 51.6 Å². The maximum atomic E-state index is 6.34. The van der Waals surface area contributed by atoms with Gasteiger partial charge in [0, 0.05) is 12.1 Å². The highest BCUT2D eigenvalue weighted by Gasteiger charge is 2.41. The van der Waals surface area contributed by atoms with E-state index in [-0.39, 0.29) is 6.04 Å². The van der Waals surface area contributed by atoms with E-state index in [4.69, 9.17) is 34.8 Å². The van der Waals surface area contributed by atoms with Gasteiger partial charge in [-0.1, -0.05) is 47.3 Å². The van der Waals surface area contributed by atoms with Crippen LogP contribution in [0, 0.1) is 17.8 Å². The average Bonchev–Trinajstić information content (AvgIpc) is 3.07. The van der Waals surface area contributed by atoms with Crippen LogP contribution in [0.1, 0.15) is 51.1 Å². The monoisotopic (exact) mass is 345 g/mol. The molecule has 2 bridgehead atoms. The first-order valence-corrected chi connectivity index (χ1v) is 9.00. The Bertz CT molecular complexity index is 531. The summed E-state index contributed by atoms with van der Waals surface area (Å²) in [6.07, 6.45) is 5.70. The van der Waals surface area contributed by atoms with Gasteiger partial charge in [-0.3, -0.25) is 0 Å². The lowest BCUT2D eigenvalue weighted by molar-refractivity contribution is 0.248. The van der Waals surface area contributed by atoms with Gasteiger partial charge in [0.2, 0.25) is 0 Å². The highest BCUT2D eigenvalue weighted by Crippen LogP contribution is 2.49. The molecule has 0 radical (unpaired) electrons. The predicted molar refractivity (Wildman–Crippen MR) is 91.4 cm³/mol. The number of nitrogens with one attached hydrogen (secondary N) is 1. The Balaban J connectivity index is 1.69. The van der Waals surface area contributed by atoms with E-state index in [9.17, 15) is 0 Å². The van der Waals surface area contributed by atoms with Crippen molar-refractivity contribution in [1.29, 1.82) is 0 Å². The van der Waals surface area contributed by atoms with Crippen molar-refractivity contribution >= 4 is 34.8 Å². The average molecular weight is 347 g/mol. The van der Waals surface area contributed by atoms with E-state index in [0.717, 1.165) is 23.3 Å². The molecule has 1 aromatic rings. The van der Waals surface area contributed by atoms with Crippen LogP contribution in [0.25, 0.3) is 0 Å². The summed E-state index contributed by atoms with van der Waals surface area (Å²) in [6.45, 7) is 4.46. The van der Waals surface area contributed by atoms with Crippen LogP contribution in [0.15, 0.2) is 12.1 Å². The number of benzene rings is 1. The van der Waals surface area contributed by atoms with Crippen molar-refractivity contribution in [3.05, 3.63) is 32.8 Å². The Kier molecular flexibility index (Phi) is 4.76. The van der Waals surface area contributed by atoms with Gasteiger partial charge in [0.05, 0.1) is 15.1 Å². The van der Waals surface area contributed by atoms with Gasteiger partial charge in [0.15, 0.2) is 0 Å². The van der Waals surface area contributed by atoms with E-state index in [1.54, 1.807) is 0 Å². The zero-order valence-electron chi connectivity index (χ0n) is 12.5. The maximum Gasteiger partial charge on any atom is 0.0781 e. The molecule has 5 atom stereocenters. The van der Waals surface area contributed by atoms with Gasteiger partial charge < -0.3 is 5.32 Å². The van der Waals surface area contributed by atoms with E-state index >= 15 is 0 Å². The minimum absolute atomic E-state index is 0.182. The van der Waals surface area contributed by atoms with Crippen LogP contribution in [0.5, 0.6) is 0 Å². The third kappa shape index (κ3) is 3.08. The molecule has 1 nitrogen and oxygen atoms in total. The van der Waals surface area contributed by atoms with Crippen LogP contribution in [0.3, 0.4) is 0 Å². The fourth-order valence-corrected chi connectivity index (χ4v) is 5.10. The van der Waals surface area contributed by atoms with Gasteiger partial charge >= 0.3 is 0 Å². The molecule has 0 aliphatic heterocycles. The van der Waals surface area contributed by atoms with Crippen LogP contribution in [0.2, 0.25) is 15.1 Å². The minimum atomic E-state index is 0.182. The Hall–Kier alpha value is 0.0500.